The third-order valence-electron chi connectivity index (χ3n) is 8.04. The largest absolute Gasteiger partial charge is 0.508 e. The van der Waals surface area contributed by atoms with Gasteiger partial charge in [-0.15, -0.1) is 0 Å². The second kappa shape index (κ2) is 7.84. The predicted molar refractivity (Wildman–Crippen MR) is 115 cm³/mol. The van der Waals surface area contributed by atoms with Crippen molar-refractivity contribution in [1.82, 2.24) is 4.90 Å². The second-order valence-corrected chi connectivity index (χ2v) is 9.96. The van der Waals surface area contributed by atoms with E-state index in [0.717, 1.165) is 38.0 Å². The zero-order valence-corrected chi connectivity index (χ0v) is 18.1. The SMILES string of the molecule is CC1Cc2cc(O)ccc2C2CCC3(C)/C(=C/COCCN(C)C)CCC3C12. The molecule has 0 heterocycles. The highest BCUT2D eigenvalue weighted by Gasteiger charge is 2.54. The van der Waals surface area contributed by atoms with Gasteiger partial charge in [-0.1, -0.05) is 31.6 Å². The molecule has 154 valence electrons. The average Bonchev–Trinajstić information content (AvgIpc) is 2.97. The van der Waals surface area contributed by atoms with Crippen molar-refractivity contribution < 1.29 is 9.84 Å². The van der Waals surface area contributed by atoms with Gasteiger partial charge >= 0.3 is 0 Å². The van der Waals surface area contributed by atoms with Crippen LogP contribution in [0.25, 0.3) is 0 Å². The third-order valence-corrected chi connectivity index (χ3v) is 8.04. The topological polar surface area (TPSA) is 32.7 Å². The maximum atomic E-state index is 9.93. The monoisotopic (exact) mass is 383 g/mol. The quantitative estimate of drug-likeness (QED) is 0.574. The van der Waals surface area contributed by atoms with Crippen LogP contribution in [0.3, 0.4) is 0 Å². The van der Waals surface area contributed by atoms with Crippen molar-refractivity contribution in [3.8, 4) is 5.75 Å². The zero-order valence-electron chi connectivity index (χ0n) is 18.1. The molecule has 2 saturated carbocycles. The lowest BCUT2D eigenvalue weighted by atomic mass is 9.52. The van der Waals surface area contributed by atoms with Crippen molar-refractivity contribution >= 4 is 0 Å². The number of aromatic hydroxyl groups is 1. The van der Waals surface area contributed by atoms with Crippen molar-refractivity contribution in [2.75, 3.05) is 33.9 Å². The molecule has 5 atom stereocenters. The van der Waals surface area contributed by atoms with Gasteiger partial charge in [-0.25, -0.2) is 0 Å². The number of hydrogen-bond acceptors (Lipinski definition) is 3. The van der Waals surface area contributed by atoms with Crippen LogP contribution in [-0.4, -0.2) is 43.9 Å². The van der Waals surface area contributed by atoms with Crippen molar-refractivity contribution in [1.29, 1.82) is 0 Å². The first-order valence-electron chi connectivity index (χ1n) is 11.1. The summed E-state index contributed by atoms with van der Waals surface area (Å²) >= 11 is 0. The lowest BCUT2D eigenvalue weighted by Crippen LogP contribution is -2.43. The average molecular weight is 384 g/mol. The van der Waals surface area contributed by atoms with Gasteiger partial charge in [-0.2, -0.15) is 0 Å². The molecule has 0 amide bonds. The number of likely N-dealkylation sites (N-methyl/N-ethyl adjacent to an activating group) is 1. The minimum atomic E-state index is 0.356. The van der Waals surface area contributed by atoms with Gasteiger partial charge in [0.2, 0.25) is 0 Å². The van der Waals surface area contributed by atoms with Gasteiger partial charge in [0.25, 0.3) is 0 Å². The van der Waals surface area contributed by atoms with Gasteiger partial charge in [-0.3, -0.25) is 0 Å². The summed E-state index contributed by atoms with van der Waals surface area (Å²) in [4.78, 5) is 2.17. The number of benzene rings is 1. The van der Waals surface area contributed by atoms with Crippen molar-refractivity contribution in [2.24, 2.45) is 23.2 Å². The number of fused-ring (bicyclic) bond motifs is 5. The molecule has 0 radical (unpaired) electrons. The highest BCUT2D eigenvalue weighted by Crippen LogP contribution is 2.63. The maximum Gasteiger partial charge on any atom is 0.115 e. The van der Waals surface area contributed by atoms with Crippen LogP contribution in [0.5, 0.6) is 5.75 Å². The van der Waals surface area contributed by atoms with Crippen LogP contribution in [-0.2, 0) is 11.2 Å². The van der Waals surface area contributed by atoms with Gasteiger partial charge < -0.3 is 14.7 Å². The molecule has 28 heavy (non-hydrogen) atoms. The van der Waals surface area contributed by atoms with Gasteiger partial charge in [0.05, 0.1) is 13.2 Å². The Hall–Kier alpha value is -1.32. The number of ether oxygens (including phenoxy) is 1. The third kappa shape index (κ3) is 3.52. The van der Waals surface area contributed by atoms with Crippen LogP contribution < -0.4 is 0 Å². The van der Waals surface area contributed by atoms with E-state index in [1.165, 1.54) is 36.8 Å². The van der Waals surface area contributed by atoms with Crippen LogP contribution >= 0.6 is 0 Å². The minimum absolute atomic E-state index is 0.356. The molecular weight excluding hydrogens is 346 g/mol. The van der Waals surface area contributed by atoms with E-state index >= 15 is 0 Å². The zero-order chi connectivity index (χ0) is 19.9. The molecule has 0 aromatic heterocycles. The lowest BCUT2D eigenvalue weighted by molar-refractivity contribution is 0.0484. The Labute approximate surface area is 170 Å². The number of phenolic OH excluding ortho intramolecular Hbond substituents is 1. The molecule has 5 unspecified atom stereocenters. The van der Waals surface area contributed by atoms with E-state index in [2.05, 4.69) is 45.0 Å². The Morgan fingerprint density at radius 1 is 1.29 bits per heavy atom. The van der Waals surface area contributed by atoms with Crippen LogP contribution in [0.15, 0.2) is 29.8 Å². The predicted octanol–water partition coefficient (Wildman–Crippen LogP) is 5.00. The summed E-state index contributed by atoms with van der Waals surface area (Å²) in [7, 11) is 4.18. The minimum Gasteiger partial charge on any atom is -0.508 e. The summed E-state index contributed by atoms with van der Waals surface area (Å²) in [6.45, 7) is 7.53. The molecule has 0 saturated heterocycles. The molecule has 0 spiro atoms. The van der Waals surface area contributed by atoms with Gasteiger partial charge in [0.15, 0.2) is 0 Å². The van der Waals surface area contributed by atoms with E-state index in [1.54, 1.807) is 5.57 Å². The van der Waals surface area contributed by atoms with Crippen molar-refractivity contribution in [3.05, 3.63) is 41.0 Å². The summed E-state index contributed by atoms with van der Waals surface area (Å²) in [5.41, 5.74) is 4.92. The molecule has 3 nitrogen and oxygen atoms in total. The Kier molecular flexibility index (Phi) is 5.59. The van der Waals surface area contributed by atoms with Gasteiger partial charge in [-0.05, 0) is 98.5 Å². The first-order chi connectivity index (χ1) is 13.4. The first-order valence-corrected chi connectivity index (χ1v) is 11.1. The van der Waals surface area contributed by atoms with Crippen LogP contribution in [0, 0.1) is 23.2 Å². The van der Waals surface area contributed by atoms with Crippen molar-refractivity contribution in [2.45, 2.75) is 51.9 Å². The number of rotatable bonds is 5. The fraction of sp³-hybridized carbons (Fsp3) is 0.680. The smallest absolute Gasteiger partial charge is 0.115 e. The molecule has 3 aliphatic rings. The van der Waals surface area contributed by atoms with Crippen LogP contribution in [0.2, 0.25) is 0 Å². The van der Waals surface area contributed by atoms with Crippen molar-refractivity contribution in [3.63, 3.8) is 0 Å². The Balaban J connectivity index is 1.50. The molecule has 0 aliphatic heterocycles. The summed E-state index contributed by atoms with van der Waals surface area (Å²) in [6.07, 6.45) is 8.67. The van der Waals surface area contributed by atoms with E-state index < -0.39 is 0 Å². The highest BCUT2D eigenvalue weighted by molar-refractivity contribution is 5.41. The van der Waals surface area contributed by atoms with E-state index in [9.17, 15) is 5.11 Å². The Morgan fingerprint density at radius 3 is 2.89 bits per heavy atom. The number of phenols is 1. The van der Waals surface area contributed by atoms with Gasteiger partial charge in [0.1, 0.15) is 5.75 Å². The van der Waals surface area contributed by atoms with E-state index in [4.69, 9.17) is 4.74 Å². The van der Waals surface area contributed by atoms with E-state index in [0.29, 0.717) is 23.0 Å². The normalized spacial score (nSPS) is 35.7. The standard InChI is InChI=1S/C25H37NO2/c1-17-15-18-16-20(27)6-7-21(18)22-9-11-25(2)19(5-8-23(25)24(17)22)10-13-28-14-12-26(3)4/h6-7,10,16-17,22-24,27H,5,8-9,11-15H2,1-4H3/b19-10+. The van der Waals surface area contributed by atoms with E-state index in [-0.39, 0.29) is 0 Å². The molecule has 0 bridgehead atoms. The summed E-state index contributed by atoms with van der Waals surface area (Å²) < 4.78 is 5.87. The molecular formula is C25H37NO2. The fourth-order valence-corrected chi connectivity index (χ4v) is 6.64. The second-order valence-electron chi connectivity index (χ2n) is 9.96. The summed E-state index contributed by atoms with van der Waals surface area (Å²) in [6, 6.07) is 6.12. The number of nitrogens with zero attached hydrogens (tertiary/aromatic N) is 1. The molecule has 2 fully saturated rings. The fourth-order valence-electron chi connectivity index (χ4n) is 6.64. The molecule has 1 N–H and O–H groups in total. The summed E-state index contributed by atoms with van der Waals surface area (Å²) in [5, 5.41) is 9.93. The molecule has 3 aliphatic carbocycles. The lowest BCUT2D eigenvalue weighted by Gasteiger charge is -2.52. The molecule has 1 aromatic carbocycles. The van der Waals surface area contributed by atoms with Crippen LogP contribution in [0.1, 0.15) is 56.6 Å². The molecule has 1 aromatic rings. The maximum absolute atomic E-state index is 9.93. The summed E-state index contributed by atoms with van der Waals surface area (Å²) in [5.74, 6) is 3.35. The Morgan fingerprint density at radius 2 is 2.11 bits per heavy atom. The number of hydrogen-bond donors (Lipinski definition) is 1. The van der Waals surface area contributed by atoms with E-state index in [1.807, 2.05) is 12.1 Å². The molecule has 3 heteroatoms. The highest BCUT2D eigenvalue weighted by atomic mass is 16.5. The Bertz CT molecular complexity index is 740. The van der Waals surface area contributed by atoms with Gasteiger partial charge in [0, 0.05) is 6.54 Å². The van der Waals surface area contributed by atoms with Crippen LogP contribution in [0.4, 0.5) is 0 Å². The number of allylic oxidation sites excluding steroid dienone is 1. The first kappa shape index (κ1) is 20.0. The molecule has 4 rings (SSSR count).